The minimum absolute atomic E-state index is 0.0793. The van der Waals surface area contributed by atoms with E-state index in [4.69, 9.17) is 4.98 Å². The summed E-state index contributed by atoms with van der Waals surface area (Å²) in [5, 5.41) is 1.58. The van der Waals surface area contributed by atoms with Crippen molar-refractivity contribution >= 4 is 39.1 Å². The molecule has 1 aromatic carbocycles. The van der Waals surface area contributed by atoms with Crippen LogP contribution in [0.2, 0.25) is 0 Å². The largest absolute Gasteiger partial charge is 0.293 e. The highest BCUT2D eigenvalue weighted by atomic mass is 32.2. The minimum Gasteiger partial charge on any atom is -0.293 e. The van der Waals surface area contributed by atoms with Crippen LogP contribution in [0.5, 0.6) is 0 Å². The molecule has 0 unspecified atom stereocenters. The highest BCUT2D eigenvalue weighted by Crippen LogP contribution is 2.37. The first-order chi connectivity index (χ1) is 14.7. The van der Waals surface area contributed by atoms with Gasteiger partial charge in [0.2, 0.25) is 0 Å². The molecule has 2 aliphatic carbocycles. The molecule has 0 spiro atoms. The van der Waals surface area contributed by atoms with Crippen molar-refractivity contribution in [2.75, 3.05) is 5.75 Å². The van der Waals surface area contributed by atoms with Gasteiger partial charge in [-0.25, -0.2) is 4.98 Å². The van der Waals surface area contributed by atoms with Gasteiger partial charge in [0.25, 0.3) is 5.56 Å². The van der Waals surface area contributed by atoms with E-state index in [1.165, 1.54) is 35.0 Å². The molecule has 1 saturated carbocycles. The van der Waals surface area contributed by atoms with Crippen LogP contribution in [0.3, 0.4) is 0 Å². The number of aryl methyl sites for hydroxylation is 2. The Kier molecular flexibility index (Phi) is 5.79. The molecule has 0 atom stereocenters. The second kappa shape index (κ2) is 8.67. The number of carbonyl (C=O) groups is 1. The molecule has 0 N–H and O–H groups in total. The number of thioether (sulfide) groups is 1. The van der Waals surface area contributed by atoms with Crippen molar-refractivity contribution in [2.24, 2.45) is 0 Å². The van der Waals surface area contributed by atoms with E-state index in [1.807, 2.05) is 34.9 Å². The minimum atomic E-state index is 0.0793. The molecule has 30 heavy (non-hydrogen) atoms. The normalized spacial score (nSPS) is 17.2. The summed E-state index contributed by atoms with van der Waals surface area (Å²) in [5.41, 5.74) is 2.09. The van der Waals surface area contributed by atoms with Gasteiger partial charge in [-0.05, 0) is 44.1 Å². The fourth-order valence-corrected chi connectivity index (χ4v) is 7.06. The topological polar surface area (TPSA) is 52.0 Å². The number of Topliss-reactive ketones (excluding diaryl/α,β-unsaturated/α-hetero) is 1. The summed E-state index contributed by atoms with van der Waals surface area (Å²) in [6.45, 7) is 0. The first kappa shape index (κ1) is 20.0. The number of aromatic nitrogens is 2. The van der Waals surface area contributed by atoms with Crippen LogP contribution in [0, 0.1) is 0 Å². The molecule has 4 nitrogen and oxygen atoms in total. The maximum Gasteiger partial charge on any atom is 0.263 e. The molecule has 2 aromatic heterocycles. The van der Waals surface area contributed by atoms with Crippen molar-refractivity contribution in [1.29, 1.82) is 0 Å². The SMILES string of the molecule is O=C(CSc1nc2sc3c(c2c(=O)n1C1CCCCC1)CCCC3)c1ccccc1. The van der Waals surface area contributed by atoms with Gasteiger partial charge in [-0.1, -0.05) is 61.4 Å². The predicted octanol–water partition coefficient (Wildman–Crippen LogP) is 5.82. The number of benzene rings is 1. The van der Waals surface area contributed by atoms with Gasteiger partial charge in [0.1, 0.15) is 4.83 Å². The Bertz CT molecular complexity index is 1130. The summed E-state index contributed by atoms with van der Waals surface area (Å²) in [7, 11) is 0. The lowest BCUT2D eigenvalue weighted by Gasteiger charge is -2.26. The Morgan fingerprint density at radius 2 is 1.83 bits per heavy atom. The highest BCUT2D eigenvalue weighted by Gasteiger charge is 2.26. The predicted molar refractivity (Wildman–Crippen MR) is 124 cm³/mol. The van der Waals surface area contributed by atoms with E-state index in [2.05, 4.69) is 0 Å². The van der Waals surface area contributed by atoms with E-state index in [0.29, 0.717) is 11.3 Å². The molecule has 0 aliphatic heterocycles. The Labute approximate surface area is 184 Å². The standard InChI is InChI=1S/C24H26N2O2S2/c27-19(16-9-3-1-4-10-16)15-29-24-25-22-21(18-13-7-8-14-20(18)30-22)23(28)26(24)17-11-5-2-6-12-17/h1,3-4,9-10,17H,2,5-8,11-15H2. The summed E-state index contributed by atoms with van der Waals surface area (Å²) >= 11 is 3.12. The maximum atomic E-state index is 13.7. The average molecular weight is 439 g/mol. The number of carbonyl (C=O) groups excluding carboxylic acids is 1. The fourth-order valence-electron chi connectivity index (χ4n) is 4.80. The van der Waals surface area contributed by atoms with E-state index in [9.17, 15) is 9.59 Å². The van der Waals surface area contributed by atoms with Crippen molar-refractivity contribution in [2.45, 2.75) is 69.0 Å². The summed E-state index contributed by atoms with van der Waals surface area (Å²) in [6.07, 6.45) is 10.0. The lowest BCUT2D eigenvalue weighted by Crippen LogP contribution is -2.29. The lowest BCUT2D eigenvalue weighted by molar-refractivity contribution is 0.102. The second-order valence-electron chi connectivity index (χ2n) is 8.33. The van der Waals surface area contributed by atoms with Gasteiger partial charge in [0, 0.05) is 16.5 Å². The monoisotopic (exact) mass is 438 g/mol. The zero-order valence-corrected chi connectivity index (χ0v) is 18.7. The van der Waals surface area contributed by atoms with Crippen molar-refractivity contribution in [3.05, 3.63) is 56.7 Å². The van der Waals surface area contributed by atoms with Crippen LogP contribution in [-0.2, 0) is 12.8 Å². The Morgan fingerprint density at radius 1 is 1.07 bits per heavy atom. The van der Waals surface area contributed by atoms with Gasteiger partial charge in [-0.15, -0.1) is 11.3 Å². The van der Waals surface area contributed by atoms with Crippen LogP contribution in [-0.4, -0.2) is 21.1 Å². The number of nitrogens with zero attached hydrogens (tertiary/aromatic N) is 2. The number of thiophene rings is 1. The lowest BCUT2D eigenvalue weighted by atomic mass is 9.94. The maximum absolute atomic E-state index is 13.7. The third-order valence-electron chi connectivity index (χ3n) is 6.36. The van der Waals surface area contributed by atoms with Crippen LogP contribution < -0.4 is 5.56 Å². The number of ketones is 1. The van der Waals surface area contributed by atoms with Gasteiger partial charge in [0.15, 0.2) is 10.9 Å². The third kappa shape index (κ3) is 3.76. The second-order valence-corrected chi connectivity index (χ2v) is 10.4. The first-order valence-corrected chi connectivity index (χ1v) is 12.8. The summed E-state index contributed by atoms with van der Waals surface area (Å²) < 4.78 is 1.95. The van der Waals surface area contributed by atoms with Crippen molar-refractivity contribution in [3.63, 3.8) is 0 Å². The molecule has 0 bridgehead atoms. The fraction of sp³-hybridized carbons (Fsp3) is 0.458. The highest BCUT2D eigenvalue weighted by molar-refractivity contribution is 7.99. The molecular formula is C24H26N2O2S2. The summed E-state index contributed by atoms with van der Waals surface area (Å²) in [6, 6.07) is 9.59. The van der Waals surface area contributed by atoms with E-state index in [0.717, 1.165) is 60.3 Å². The summed E-state index contributed by atoms with van der Waals surface area (Å²) in [5.74, 6) is 0.385. The first-order valence-electron chi connectivity index (χ1n) is 11.0. The number of fused-ring (bicyclic) bond motifs is 3. The molecule has 0 amide bonds. The van der Waals surface area contributed by atoms with Crippen molar-refractivity contribution in [3.8, 4) is 0 Å². The van der Waals surface area contributed by atoms with Crippen LogP contribution in [0.25, 0.3) is 10.2 Å². The molecular weight excluding hydrogens is 412 g/mol. The van der Waals surface area contributed by atoms with E-state index < -0.39 is 0 Å². The summed E-state index contributed by atoms with van der Waals surface area (Å²) in [4.78, 5) is 33.6. The van der Waals surface area contributed by atoms with Crippen molar-refractivity contribution < 1.29 is 4.79 Å². The third-order valence-corrected chi connectivity index (χ3v) is 8.50. The molecule has 2 aliphatic rings. The Morgan fingerprint density at radius 3 is 2.63 bits per heavy atom. The van der Waals surface area contributed by atoms with Crippen LogP contribution >= 0.6 is 23.1 Å². The molecule has 2 heterocycles. The van der Waals surface area contributed by atoms with Gasteiger partial charge in [-0.3, -0.25) is 14.2 Å². The molecule has 156 valence electrons. The van der Waals surface area contributed by atoms with Crippen LogP contribution in [0.1, 0.15) is 71.8 Å². The van der Waals surface area contributed by atoms with Gasteiger partial charge < -0.3 is 0 Å². The zero-order chi connectivity index (χ0) is 20.5. The molecule has 6 heteroatoms. The number of rotatable bonds is 5. The van der Waals surface area contributed by atoms with E-state index in [1.54, 1.807) is 11.3 Å². The molecule has 5 rings (SSSR count). The van der Waals surface area contributed by atoms with Crippen molar-refractivity contribution in [1.82, 2.24) is 9.55 Å². The average Bonchev–Trinajstić information content (AvgIpc) is 3.17. The van der Waals surface area contributed by atoms with Gasteiger partial charge >= 0.3 is 0 Å². The number of hydrogen-bond acceptors (Lipinski definition) is 5. The van der Waals surface area contributed by atoms with Crippen LogP contribution in [0.4, 0.5) is 0 Å². The van der Waals surface area contributed by atoms with E-state index >= 15 is 0 Å². The molecule has 1 fully saturated rings. The Hall–Kier alpha value is -1.92. The zero-order valence-electron chi connectivity index (χ0n) is 17.1. The number of hydrogen-bond donors (Lipinski definition) is 0. The smallest absolute Gasteiger partial charge is 0.263 e. The Balaban J connectivity index is 1.55. The molecule has 0 saturated heterocycles. The van der Waals surface area contributed by atoms with Gasteiger partial charge in [-0.2, -0.15) is 0 Å². The van der Waals surface area contributed by atoms with E-state index in [-0.39, 0.29) is 17.4 Å². The van der Waals surface area contributed by atoms with Crippen LogP contribution in [0.15, 0.2) is 40.3 Å². The molecule has 3 aromatic rings. The quantitative estimate of drug-likeness (QED) is 0.286. The molecule has 0 radical (unpaired) electrons. The van der Waals surface area contributed by atoms with Gasteiger partial charge in [0.05, 0.1) is 11.1 Å².